The summed E-state index contributed by atoms with van der Waals surface area (Å²) in [6.45, 7) is 0. The Labute approximate surface area is 108 Å². The molecule has 0 bridgehead atoms. The van der Waals surface area contributed by atoms with Gasteiger partial charge in [0.2, 0.25) is 0 Å². The molecule has 1 aromatic carbocycles. The number of aliphatic carboxylic acids is 1. The molecule has 96 valence electrons. The third kappa shape index (κ3) is 3.45. The molecule has 1 unspecified atom stereocenters. The van der Waals surface area contributed by atoms with Gasteiger partial charge in [-0.3, -0.25) is 10.1 Å². The molecule has 7 heteroatoms. The number of hydrogen-bond donors (Lipinski definition) is 2. The Morgan fingerprint density at radius 2 is 2.32 bits per heavy atom. The number of anilines is 1. The van der Waals surface area contributed by atoms with Crippen LogP contribution in [-0.2, 0) is 4.79 Å². The number of nitro benzene ring substituents is 1. The monoisotopic (exact) mass is 259 g/mol. The Balaban J connectivity index is 3.06. The first kappa shape index (κ1) is 14.0. The molecule has 1 atom stereocenters. The highest BCUT2D eigenvalue weighted by Gasteiger charge is 2.19. The lowest BCUT2D eigenvalue weighted by molar-refractivity contribution is -0.385. The smallest absolute Gasteiger partial charge is 0.327 e. The minimum Gasteiger partial charge on any atom is -0.480 e. The molecular formula is C12H9N3O4. The molecular weight excluding hydrogens is 250 g/mol. The third-order valence-electron chi connectivity index (χ3n) is 2.28. The van der Waals surface area contributed by atoms with Gasteiger partial charge in [-0.05, 0) is 12.1 Å². The maximum absolute atomic E-state index is 10.9. The number of carboxylic acid groups (broad SMARTS) is 1. The van der Waals surface area contributed by atoms with Crippen LogP contribution in [0.2, 0.25) is 0 Å². The molecule has 19 heavy (non-hydrogen) atoms. The SMILES string of the molecule is C#CCC(Nc1ccc(C#N)c([N+](=O)[O-])c1)C(=O)O. The van der Waals surface area contributed by atoms with E-state index in [1.165, 1.54) is 12.1 Å². The van der Waals surface area contributed by atoms with Crippen molar-refractivity contribution >= 4 is 17.3 Å². The van der Waals surface area contributed by atoms with Gasteiger partial charge in [0.25, 0.3) is 5.69 Å². The largest absolute Gasteiger partial charge is 0.480 e. The third-order valence-corrected chi connectivity index (χ3v) is 2.28. The molecule has 0 aliphatic rings. The van der Waals surface area contributed by atoms with E-state index in [2.05, 4.69) is 11.2 Å². The van der Waals surface area contributed by atoms with Gasteiger partial charge in [-0.15, -0.1) is 12.3 Å². The van der Waals surface area contributed by atoms with Gasteiger partial charge in [-0.2, -0.15) is 5.26 Å². The van der Waals surface area contributed by atoms with E-state index in [0.29, 0.717) is 0 Å². The van der Waals surface area contributed by atoms with Crippen LogP contribution in [0.5, 0.6) is 0 Å². The van der Waals surface area contributed by atoms with Crippen molar-refractivity contribution in [2.24, 2.45) is 0 Å². The number of terminal acetylenes is 1. The van der Waals surface area contributed by atoms with Crippen LogP contribution in [0.4, 0.5) is 11.4 Å². The van der Waals surface area contributed by atoms with Crippen LogP contribution in [0.25, 0.3) is 0 Å². The second-order valence-corrected chi connectivity index (χ2v) is 3.54. The maximum Gasteiger partial charge on any atom is 0.327 e. The number of nitro groups is 1. The summed E-state index contributed by atoms with van der Waals surface area (Å²) in [4.78, 5) is 20.9. The van der Waals surface area contributed by atoms with Crippen LogP contribution in [0.15, 0.2) is 18.2 Å². The fourth-order valence-corrected chi connectivity index (χ4v) is 1.39. The zero-order valence-corrected chi connectivity index (χ0v) is 9.66. The summed E-state index contributed by atoms with van der Waals surface area (Å²) in [5.74, 6) is 1.04. The van der Waals surface area contributed by atoms with Gasteiger partial charge in [0, 0.05) is 18.2 Å². The lowest BCUT2D eigenvalue weighted by Crippen LogP contribution is -2.28. The van der Waals surface area contributed by atoms with E-state index in [1.807, 2.05) is 0 Å². The van der Waals surface area contributed by atoms with Crippen molar-refractivity contribution in [3.8, 4) is 18.4 Å². The molecule has 0 amide bonds. The van der Waals surface area contributed by atoms with Crippen LogP contribution in [0.3, 0.4) is 0 Å². The second kappa shape index (κ2) is 6.03. The molecule has 1 aromatic rings. The van der Waals surface area contributed by atoms with E-state index in [0.717, 1.165) is 6.07 Å². The number of benzene rings is 1. The van der Waals surface area contributed by atoms with Gasteiger partial charge in [-0.1, -0.05) is 0 Å². The normalized spacial score (nSPS) is 10.8. The van der Waals surface area contributed by atoms with Crippen LogP contribution in [0, 0.1) is 33.8 Å². The molecule has 0 saturated carbocycles. The van der Waals surface area contributed by atoms with E-state index in [4.69, 9.17) is 16.8 Å². The molecule has 2 N–H and O–H groups in total. The number of nitrogens with one attached hydrogen (secondary N) is 1. The van der Waals surface area contributed by atoms with E-state index in [-0.39, 0.29) is 17.7 Å². The Morgan fingerprint density at radius 1 is 1.63 bits per heavy atom. The molecule has 1 rings (SSSR count). The number of carbonyl (C=O) groups is 1. The van der Waals surface area contributed by atoms with E-state index >= 15 is 0 Å². The van der Waals surface area contributed by atoms with Gasteiger partial charge in [0.1, 0.15) is 17.7 Å². The number of nitrogens with zero attached hydrogens (tertiary/aromatic N) is 2. The molecule has 0 aliphatic carbocycles. The van der Waals surface area contributed by atoms with E-state index in [9.17, 15) is 14.9 Å². The maximum atomic E-state index is 10.9. The highest BCUT2D eigenvalue weighted by Crippen LogP contribution is 2.23. The fraction of sp³-hybridized carbons (Fsp3) is 0.167. The minimum atomic E-state index is -1.16. The van der Waals surface area contributed by atoms with Gasteiger partial charge in [-0.25, -0.2) is 4.79 Å². The van der Waals surface area contributed by atoms with Crippen LogP contribution < -0.4 is 5.32 Å². The van der Waals surface area contributed by atoms with Crippen molar-refractivity contribution in [3.63, 3.8) is 0 Å². The minimum absolute atomic E-state index is 0.0663. The highest BCUT2D eigenvalue weighted by atomic mass is 16.6. The summed E-state index contributed by atoms with van der Waals surface area (Å²) in [7, 11) is 0. The molecule has 0 fully saturated rings. The number of hydrogen-bond acceptors (Lipinski definition) is 5. The summed E-state index contributed by atoms with van der Waals surface area (Å²) in [5, 5.41) is 30.9. The Kier molecular flexibility index (Phi) is 4.44. The molecule has 0 radical (unpaired) electrons. The predicted molar refractivity (Wildman–Crippen MR) is 66.3 cm³/mol. The van der Waals surface area contributed by atoms with Crippen molar-refractivity contribution in [3.05, 3.63) is 33.9 Å². The molecule has 0 aromatic heterocycles. The number of carboxylic acids is 1. The molecule has 0 spiro atoms. The Hall–Kier alpha value is -3.06. The standard InChI is InChI=1S/C12H9N3O4/c1-2-3-10(12(16)17)14-9-5-4-8(7-13)11(6-9)15(18)19/h1,4-6,10,14H,3H2,(H,16,17). The molecule has 0 heterocycles. The van der Waals surface area contributed by atoms with Crippen LogP contribution >= 0.6 is 0 Å². The number of nitriles is 1. The van der Waals surface area contributed by atoms with Crippen LogP contribution in [-0.4, -0.2) is 22.0 Å². The van der Waals surface area contributed by atoms with E-state index < -0.39 is 22.6 Å². The first-order valence-corrected chi connectivity index (χ1v) is 5.11. The zero-order valence-electron chi connectivity index (χ0n) is 9.66. The lowest BCUT2D eigenvalue weighted by atomic mass is 10.1. The summed E-state index contributed by atoms with van der Waals surface area (Å²) in [6, 6.07) is 4.38. The topological polar surface area (TPSA) is 116 Å². The van der Waals surface area contributed by atoms with Crippen molar-refractivity contribution < 1.29 is 14.8 Å². The summed E-state index contributed by atoms with van der Waals surface area (Å²) >= 11 is 0. The van der Waals surface area contributed by atoms with Crippen molar-refractivity contribution in [1.29, 1.82) is 5.26 Å². The van der Waals surface area contributed by atoms with Crippen molar-refractivity contribution in [1.82, 2.24) is 0 Å². The van der Waals surface area contributed by atoms with Gasteiger partial charge < -0.3 is 10.4 Å². The quantitative estimate of drug-likeness (QED) is 0.468. The zero-order chi connectivity index (χ0) is 14.4. The molecule has 7 nitrogen and oxygen atoms in total. The van der Waals surface area contributed by atoms with Crippen LogP contribution in [0.1, 0.15) is 12.0 Å². The summed E-state index contributed by atoms with van der Waals surface area (Å²) in [5.41, 5.74) is -0.273. The summed E-state index contributed by atoms with van der Waals surface area (Å²) < 4.78 is 0. The fourth-order valence-electron chi connectivity index (χ4n) is 1.39. The first-order valence-electron chi connectivity index (χ1n) is 5.11. The van der Waals surface area contributed by atoms with Gasteiger partial charge in [0.05, 0.1) is 4.92 Å². The van der Waals surface area contributed by atoms with E-state index in [1.54, 1.807) is 6.07 Å². The average Bonchev–Trinajstić information content (AvgIpc) is 2.37. The Bertz CT molecular complexity index is 598. The first-order chi connectivity index (χ1) is 8.99. The highest BCUT2D eigenvalue weighted by molar-refractivity contribution is 5.78. The Morgan fingerprint density at radius 3 is 2.79 bits per heavy atom. The average molecular weight is 259 g/mol. The lowest BCUT2D eigenvalue weighted by Gasteiger charge is -2.13. The predicted octanol–water partition coefficient (Wildman–Crippen LogP) is 1.35. The second-order valence-electron chi connectivity index (χ2n) is 3.54. The molecule has 0 saturated heterocycles. The van der Waals surface area contributed by atoms with Crippen molar-refractivity contribution in [2.45, 2.75) is 12.5 Å². The summed E-state index contributed by atoms with van der Waals surface area (Å²) in [6.07, 6.45) is 4.97. The molecule has 0 aliphatic heterocycles. The van der Waals surface area contributed by atoms with Crippen molar-refractivity contribution in [2.75, 3.05) is 5.32 Å². The van der Waals surface area contributed by atoms with Gasteiger partial charge in [0.15, 0.2) is 0 Å². The van der Waals surface area contributed by atoms with Gasteiger partial charge >= 0.3 is 5.97 Å². The number of rotatable bonds is 5.